The van der Waals surface area contributed by atoms with Crippen molar-refractivity contribution in [3.05, 3.63) is 33.3 Å². The zero-order valence-electron chi connectivity index (χ0n) is 10.2. The molecule has 0 aliphatic carbocycles. The second-order valence-corrected chi connectivity index (χ2v) is 4.80. The summed E-state index contributed by atoms with van der Waals surface area (Å²) in [6, 6.07) is 2.26. The van der Waals surface area contributed by atoms with Crippen molar-refractivity contribution in [3.63, 3.8) is 0 Å². The van der Waals surface area contributed by atoms with Crippen LogP contribution in [0.1, 0.15) is 6.92 Å². The van der Waals surface area contributed by atoms with Crippen molar-refractivity contribution in [1.29, 1.82) is 0 Å². The maximum absolute atomic E-state index is 13.1. The lowest BCUT2D eigenvalue weighted by Gasteiger charge is -2.10. The van der Waals surface area contributed by atoms with Crippen LogP contribution in [0.3, 0.4) is 0 Å². The number of anilines is 3. The van der Waals surface area contributed by atoms with Crippen molar-refractivity contribution in [2.45, 2.75) is 6.92 Å². The van der Waals surface area contributed by atoms with E-state index in [1.54, 1.807) is 0 Å². The van der Waals surface area contributed by atoms with Gasteiger partial charge in [-0.3, -0.25) is 0 Å². The molecule has 0 amide bonds. The van der Waals surface area contributed by atoms with E-state index in [-0.39, 0.29) is 21.3 Å². The molecule has 0 saturated heterocycles. The van der Waals surface area contributed by atoms with Crippen molar-refractivity contribution in [3.8, 4) is 0 Å². The van der Waals surface area contributed by atoms with E-state index >= 15 is 0 Å². The summed E-state index contributed by atoms with van der Waals surface area (Å²) < 4.78 is 13.1. The molecule has 106 valence electrons. The predicted octanol–water partition coefficient (Wildman–Crippen LogP) is 4.15. The van der Waals surface area contributed by atoms with Crippen LogP contribution in [0, 0.1) is 5.82 Å². The maximum atomic E-state index is 13.1. The van der Waals surface area contributed by atoms with Gasteiger partial charge in [0.15, 0.2) is 0 Å². The minimum Gasteiger partial charge on any atom is -0.354 e. The monoisotopic (exact) mass is 335 g/mol. The minimum atomic E-state index is -0.535. The summed E-state index contributed by atoms with van der Waals surface area (Å²) in [7, 11) is 0. The Balaban J connectivity index is 2.35. The van der Waals surface area contributed by atoms with Crippen LogP contribution >= 0.6 is 34.8 Å². The molecule has 9 heteroatoms. The average molecular weight is 337 g/mol. The van der Waals surface area contributed by atoms with Crippen LogP contribution in [-0.2, 0) is 0 Å². The van der Waals surface area contributed by atoms with Gasteiger partial charge in [0.05, 0.1) is 15.7 Å². The Morgan fingerprint density at radius 2 is 1.65 bits per heavy atom. The Bertz CT molecular complexity index is 614. The number of hydrogen-bond acceptors (Lipinski definition) is 5. The highest BCUT2D eigenvalue weighted by Gasteiger charge is 2.11. The molecule has 0 aliphatic rings. The third-order valence-electron chi connectivity index (χ3n) is 2.19. The summed E-state index contributed by atoms with van der Waals surface area (Å²) in [6.07, 6.45) is 0. The summed E-state index contributed by atoms with van der Waals surface area (Å²) >= 11 is 17.6. The van der Waals surface area contributed by atoms with Gasteiger partial charge in [-0.25, -0.2) is 4.39 Å². The van der Waals surface area contributed by atoms with Gasteiger partial charge in [0.1, 0.15) is 5.82 Å². The number of rotatable bonds is 4. The van der Waals surface area contributed by atoms with E-state index < -0.39 is 5.82 Å². The summed E-state index contributed by atoms with van der Waals surface area (Å²) in [5.74, 6) is -0.0757. The van der Waals surface area contributed by atoms with Crippen LogP contribution in [0.2, 0.25) is 15.3 Å². The first-order valence-corrected chi connectivity index (χ1v) is 6.70. The largest absolute Gasteiger partial charge is 0.354 e. The van der Waals surface area contributed by atoms with Crippen LogP contribution in [-0.4, -0.2) is 21.5 Å². The Labute approximate surface area is 129 Å². The van der Waals surface area contributed by atoms with Crippen LogP contribution in [0.4, 0.5) is 22.0 Å². The molecular weight excluding hydrogens is 328 g/mol. The molecule has 0 aliphatic heterocycles. The van der Waals surface area contributed by atoms with Gasteiger partial charge in [-0.05, 0) is 30.7 Å². The van der Waals surface area contributed by atoms with Gasteiger partial charge in [0.2, 0.25) is 17.2 Å². The zero-order valence-corrected chi connectivity index (χ0v) is 12.5. The molecule has 1 aromatic carbocycles. The Kier molecular flexibility index (Phi) is 4.80. The smallest absolute Gasteiger partial charge is 0.233 e. The SMILES string of the molecule is CCNc1nc(Cl)nc(Nc2c(Cl)cc(F)cc2Cl)n1. The Morgan fingerprint density at radius 3 is 2.25 bits per heavy atom. The normalized spacial score (nSPS) is 10.4. The fourth-order valence-electron chi connectivity index (χ4n) is 1.42. The lowest BCUT2D eigenvalue weighted by Crippen LogP contribution is -2.07. The molecule has 1 heterocycles. The predicted molar refractivity (Wildman–Crippen MR) is 78.7 cm³/mol. The van der Waals surface area contributed by atoms with E-state index in [1.807, 2.05) is 6.92 Å². The highest BCUT2D eigenvalue weighted by Crippen LogP contribution is 2.33. The van der Waals surface area contributed by atoms with Gasteiger partial charge in [0.25, 0.3) is 0 Å². The van der Waals surface area contributed by atoms with E-state index in [2.05, 4.69) is 25.6 Å². The molecule has 0 unspecified atom stereocenters. The number of hydrogen-bond donors (Lipinski definition) is 2. The molecule has 0 spiro atoms. The summed E-state index contributed by atoms with van der Waals surface area (Å²) in [5, 5.41) is 5.91. The molecule has 5 nitrogen and oxygen atoms in total. The molecule has 0 atom stereocenters. The zero-order chi connectivity index (χ0) is 14.7. The molecule has 1 aromatic heterocycles. The van der Waals surface area contributed by atoms with Gasteiger partial charge in [-0.2, -0.15) is 15.0 Å². The van der Waals surface area contributed by atoms with Gasteiger partial charge in [0, 0.05) is 6.54 Å². The van der Waals surface area contributed by atoms with E-state index in [4.69, 9.17) is 34.8 Å². The van der Waals surface area contributed by atoms with Crippen molar-refractivity contribution < 1.29 is 4.39 Å². The van der Waals surface area contributed by atoms with Crippen molar-refractivity contribution >= 4 is 52.4 Å². The van der Waals surface area contributed by atoms with E-state index in [9.17, 15) is 4.39 Å². The molecule has 2 N–H and O–H groups in total. The Hall–Kier alpha value is -1.37. The quantitative estimate of drug-likeness (QED) is 0.878. The molecule has 0 fully saturated rings. The van der Waals surface area contributed by atoms with Gasteiger partial charge in [-0.15, -0.1) is 0 Å². The first-order valence-electron chi connectivity index (χ1n) is 5.56. The molecule has 2 aromatic rings. The lowest BCUT2D eigenvalue weighted by molar-refractivity contribution is 0.628. The third kappa shape index (κ3) is 3.59. The van der Waals surface area contributed by atoms with E-state index in [0.717, 1.165) is 12.1 Å². The molecule has 20 heavy (non-hydrogen) atoms. The highest BCUT2D eigenvalue weighted by atomic mass is 35.5. The van der Waals surface area contributed by atoms with E-state index in [0.29, 0.717) is 18.2 Å². The second kappa shape index (κ2) is 6.39. The number of nitrogens with zero attached hydrogens (tertiary/aromatic N) is 3. The first kappa shape index (κ1) is 15.0. The fourth-order valence-corrected chi connectivity index (χ4v) is 2.13. The van der Waals surface area contributed by atoms with Crippen LogP contribution in [0.25, 0.3) is 0 Å². The third-order valence-corrected chi connectivity index (χ3v) is 2.95. The fraction of sp³-hybridized carbons (Fsp3) is 0.182. The lowest BCUT2D eigenvalue weighted by atomic mass is 10.3. The minimum absolute atomic E-state index is 0.00723. The summed E-state index contributed by atoms with van der Waals surface area (Å²) in [4.78, 5) is 11.9. The van der Waals surface area contributed by atoms with Crippen molar-refractivity contribution in [2.24, 2.45) is 0 Å². The molecule has 2 rings (SSSR count). The number of benzene rings is 1. The molecular formula is C11H9Cl3FN5. The van der Waals surface area contributed by atoms with Gasteiger partial charge < -0.3 is 10.6 Å². The van der Waals surface area contributed by atoms with Crippen molar-refractivity contribution in [2.75, 3.05) is 17.2 Å². The Morgan fingerprint density at radius 1 is 1.05 bits per heavy atom. The van der Waals surface area contributed by atoms with Gasteiger partial charge >= 0.3 is 0 Å². The summed E-state index contributed by atoms with van der Waals surface area (Å²) in [5.41, 5.74) is 0.291. The maximum Gasteiger partial charge on any atom is 0.233 e. The second-order valence-electron chi connectivity index (χ2n) is 3.65. The molecule has 0 bridgehead atoms. The van der Waals surface area contributed by atoms with Gasteiger partial charge in [-0.1, -0.05) is 23.2 Å². The van der Waals surface area contributed by atoms with E-state index in [1.165, 1.54) is 0 Å². The molecule has 0 radical (unpaired) electrons. The summed E-state index contributed by atoms with van der Waals surface area (Å²) in [6.45, 7) is 2.51. The number of aromatic nitrogens is 3. The topological polar surface area (TPSA) is 62.7 Å². The first-order chi connectivity index (χ1) is 9.49. The van der Waals surface area contributed by atoms with Crippen molar-refractivity contribution in [1.82, 2.24) is 15.0 Å². The van der Waals surface area contributed by atoms with Crippen LogP contribution < -0.4 is 10.6 Å². The van der Waals surface area contributed by atoms with Crippen LogP contribution in [0.15, 0.2) is 12.1 Å². The van der Waals surface area contributed by atoms with Crippen LogP contribution in [0.5, 0.6) is 0 Å². The molecule has 0 saturated carbocycles. The number of nitrogens with one attached hydrogen (secondary N) is 2. The highest BCUT2D eigenvalue weighted by molar-refractivity contribution is 6.39. The number of halogens is 4. The standard InChI is InChI=1S/C11H9Cl3FN5/c1-2-16-10-18-9(14)19-11(20-10)17-8-6(12)3-5(15)4-7(8)13/h3-4H,2H2,1H3,(H2,16,17,18,19,20). The average Bonchev–Trinajstić information content (AvgIpc) is 2.33.